The van der Waals surface area contributed by atoms with Gasteiger partial charge in [-0.1, -0.05) is 0 Å². The van der Waals surface area contributed by atoms with E-state index in [-0.39, 0.29) is 7.43 Å². The third-order valence-corrected chi connectivity index (χ3v) is 0. The SMILES string of the molecule is [Br][Au].[Br][Au].[CH2-][P+]([CH2-])(C)C.[CH2-][P+]([CH2-])(C)C.[CH3-]. The van der Waals surface area contributed by atoms with E-state index in [2.05, 4.69) is 117 Å². The van der Waals surface area contributed by atoms with E-state index in [0.29, 0.717) is 0 Å². The summed E-state index contributed by atoms with van der Waals surface area (Å²) in [6.45, 7) is 23.4. The fraction of sp³-hybridized carbons (Fsp3) is 0.444. The molecule has 0 unspecified atom stereocenters. The van der Waals surface area contributed by atoms with E-state index in [0.717, 1.165) is 0 Å². The van der Waals surface area contributed by atoms with Crippen LogP contribution in [0.15, 0.2) is 0 Å². The Morgan fingerprint density at radius 1 is 0.667 bits per heavy atom. The molecule has 0 amide bonds. The Morgan fingerprint density at radius 2 is 0.667 bits per heavy atom. The van der Waals surface area contributed by atoms with Crippen LogP contribution in [0.3, 0.4) is 0 Å². The second kappa shape index (κ2) is 19.6. The molecule has 0 aromatic heterocycles. The van der Waals surface area contributed by atoms with Gasteiger partial charge in [-0.2, -0.15) is 0 Å². The van der Waals surface area contributed by atoms with Crippen molar-refractivity contribution in [1.29, 1.82) is 0 Å². The van der Waals surface area contributed by atoms with E-state index in [1.165, 1.54) is 0 Å². The van der Waals surface area contributed by atoms with Gasteiger partial charge in [-0.25, -0.2) is 26.7 Å². The van der Waals surface area contributed by atoms with Crippen LogP contribution in [0.5, 0.6) is 0 Å². The van der Waals surface area contributed by atoms with Crippen LogP contribution in [0, 0.1) is 34.1 Å². The first-order valence-electron chi connectivity index (χ1n) is 3.28. The van der Waals surface area contributed by atoms with Gasteiger partial charge in [-0.15, -0.1) is 0 Å². The first kappa shape index (κ1) is 31.0. The zero-order chi connectivity index (χ0) is 13.0. The van der Waals surface area contributed by atoms with Gasteiger partial charge < -0.3 is 7.43 Å². The van der Waals surface area contributed by atoms with Gasteiger partial charge in [-0.3, -0.25) is 14.5 Å². The summed E-state index contributed by atoms with van der Waals surface area (Å²) >= 11 is 9.94. The molecule has 0 spiro atoms. The smallest absolute Gasteiger partial charge is 0.00471 e. The molecule has 0 aromatic rings. The predicted molar refractivity (Wildman–Crippen MR) is 83.2 cm³/mol. The van der Waals surface area contributed by atoms with E-state index in [1.54, 1.807) is 0 Å². The van der Waals surface area contributed by atoms with Crippen molar-refractivity contribution >= 4 is 40.6 Å². The standard InChI is InChI=1S/2C4H10P.CH3.2Au.2BrH/c2*1-5(2,3)4;;;;;/h2*1-2H2,3-4H3;1H3;;;2*1H/q3*-1;2*+1;;/p-2. The van der Waals surface area contributed by atoms with Crippen molar-refractivity contribution in [1.82, 2.24) is 0 Å². The van der Waals surface area contributed by atoms with Gasteiger partial charge in [0.15, 0.2) is 0 Å². The largest absolute Gasteiger partial charge is 0.358 e. The summed E-state index contributed by atoms with van der Waals surface area (Å²) in [4.78, 5) is 0. The van der Waals surface area contributed by atoms with Gasteiger partial charge in [-0.05, 0) is 26.7 Å². The molecule has 108 valence electrons. The van der Waals surface area contributed by atoms with Crippen LogP contribution >= 0.6 is 40.6 Å². The van der Waals surface area contributed by atoms with Crippen molar-refractivity contribution in [3.05, 3.63) is 34.1 Å². The zero-order valence-corrected chi connectivity index (χ0v) is 19.4. The average Bonchev–Trinajstić information content (AvgIpc) is 1.88. The fourth-order valence-corrected chi connectivity index (χ4v) is 0. The average molecular weight is 747 g/mol. The molecule has 0 heterocycles. The second-order valence-electron chi connectivity index (χ2n) is 3.87. The Morgan fingerprint density at radius 3 is 0.667 bits per heavy atom. The maximum Gasteiger partial charge on any atom is -0.00471 e. The van der Waals surface area contributed by atoms with Crippen LogP contribution < -0.4 is 0 Å². The van der Waals surface area contributed by atoms with E-state index in [1.807, 2.05) is 0 Å². The van der Waals surface area contributed by atoms with E-state index in [9.17, 15) is 0 Å². The first-order valence-corrected chi connectivity index (χ1v) is 18.9. The third-order valence-electron chi connectivity index (χ3n) is 0. The molecular weight excluding hydrogens is 724 g/mol. The van der Waals surface area contributed by atoms with Crippen molar-refractivity contribution in [3.63, 3.8) is 0 Å². The van der Waals surface area contributed by atoms with Crippen LogP contribution in [-0.2, 0) is 37.9 Å². The quantitative estimate of drug-likeness (QED) is 0.167. The summed E-state index contributed by atoms with van der Waals surface area (Å²) in [6.07, 6.45) is 0. The van der Waals surface area contributed by atoms with Crippen LogP contribution in [0.1, 0.15) is 0 Å². The van der Waals surface area contributed by atoms with Crippen LogP contribution in [-0.4, -0.2) is 26.7 Å². The summed E-state index contributed by atoms with van der Waals surface area (Å²) in [6, 6.07) is 0. The summed E-state index contributed by atoms with van der Waals surface area (Å²) < 4.78 is 0. The Bertz CT molecular complexity index is 67.1. The Kier molecular flexibility index (Phi) is 40.5. The maximum atomic E-state index is 3.77. The third kappa shape index (κ3) is 372. The molecule has 0 N–H and O–H groups in total. The normalized spacial score (nSPS) is 8.93. The zero-order valence-electron chi connectivity index (χ0n) is 10.1. The minimum Gasteiger partial charge on any atom is -0.358 e. The Balaban J connectivity index is -0.0000000318. The van der Waals surface area contributed by atoms with Crippen LogP contribution in [0.25, 0.3) is 0 Å². The molecule has 0 fully saturated rings. The van der Waals surface area contributed by atoms with Gasteiger partial charge in [0.25, 0.3) is 0 Å². The molecular formula is C9H23Au2Br2P2-3. The Labute approximate surface area is 137 Å². The molecule has 15 heavy (non-hydrogen) atoms. The van der Waals surface area contributed by atoms with E-state index < -0.39 is 14.5 Å². The van der Waals surface area contributed by atoms with E-state index in [4.69, 9.17) is 0 Å². The number of hydrogen-bond donors (Lipinski definition) is 0. The van der Waals surface area contributed by atoms with Crippen molar-refractivity contribution < 1.29 is 37.9 Å². The first-order chi connectivity index (χ1) is 6.00. The molecule has 0 atom stereocenters. The summed E-state index contributed by atoms with van der Waals surface area (Å²) in [5.74, 6) is 0. The molecule has 0 saturated heterocycles. The van der Waals surface area contributed by atoms with Crippen molar-refractivity contribution in [2.75, 3.05) is 26.7 Å². The minimum atomic E-state index is -0.889. The molecule has 6 heteroatoms. The number of hydrogen-bond acceptors (Lipinski definition) is 0. The van der Waals surface area contributed by atoms with Crippen molar-refractivity contribution in [3.8, 4) is 0 Å². The minimum absolute atomic E-state index is 0. The molecule has 0 aliphatic carbocycles. The van der Waals surface area contributed by atoms with E-state index >= 15 is 0 Å². The molecule has 0 aliphatic heterocycles. The van der Waals surface area contributed by atoms with Crippen molar-refractivity contribution in [2.45, 2.75) is 0 Å². The molecule has 0 rings (SSSR count). The molecule has 0 radical (unpaired) electrons. The molecule has 0 aliphatic rings. The number of halogens is 2. The fourth-order valence-electron chi connectivity index (χ4n) is 0. The van der Waals surface area contributed by atoms with Crippen LogP contribution in [0.4, 0.5) is 0 Å². The molecule has 0 nitrogen and oxygen atoms in total. The second-order valence-corrected chi connectivity index (χ2v) is 11.6. The van der Waals surface area contributed by atoms with Gasteiger partial charge in [0, 0.05) is 0 Å². The van der Waals surface area contributed by atoms with Gasteiger partial charge in [0.2, 0.25) is 0 Å². The van der Waals surface area contributed by atoms with Gasteiger partial charge in [0.05, 0.1) is 0 Å². The predicted octanol–water partition coefficient (Wildman–Crippen LogP) is 5.83. The van der Waals surface area contributed by atoms with Crippen molar-refractivity contribution in [2.24, 2.45) is 0 Å². The van der Waals surface area contributed by atoms with Gasteiger partial charge >= 0.3 is 63.9 Å². The molecule has 0 saturated carbocycles. The monoisotopic (exact) mass is 745 g/mol. The van der Waals surface area contributed by atoms with Gasteiger partial charge in [0.1, 0.15) is 0 Å². The maximum absolute atomic E-state index is 3.77. The topological polar surface area (TPSA) is 0 Å². The Hall–Kier alpha value is 3.30. The van der Waals surface area contributed by atoms with Crippen LogP contribution in [0.2, 0.25) is 0 Å². The number of rotatable bonds is 0. The molecule has 0 aromatic carbocycles. The summed E-state index contributed by atoms with van der Waals surface area (Å²) in [7, 11) is -1.78. The summed E-state index contributed by atoms with van der Waals surface area (Å²) in [5, 5.41) is 0. The molecule has 0 bridgehead atoms. The summed E-state index contributed by atoms with van der Waals surface area (Å²) in [5.41, 5.74) is 0.